The van der Waals surface area contributed by atoms with Crippen LogP contribution >= 0.6 is 0 Å². The number of para-hydroxylation sites is 1. The molecule has 1 aromatic heterocycles. The number of pyridine rings is 1. The van der Waals surface area contributed by atoms with E-state index in [2.05, 4.69) is 10.3 Å². The molecule has 0 aliphatic heterocycles. The van der Waals surface area contributed by atoms with Crippen molar-refractivity contribution in [3.63, 3.8) is 0 Å². The highest BCUT2D eigenvalue weighted by molar-refractivity contribution is 6.07. The number of benzene rings is 2. The van der Waals surface area contributed by atoms with Gasteiger partial charge in [-0.2, -0.15) is 0 Å². The predicted molar refractivity (Wildman–Crippen MR) is 94.3 cm³/mol. The molecule has 0 radical (unpaired) electrons. The maximum Gasteiger partial charge on any atom is 0.261 e. The van der Waals surface area contributed by atoms with Gasteiger partial charge in [-0.25, -0.2) is 4.98 Å². The average Bonchev–Trinajstić information content (AvgIpc) is 2.59. The largest absolute Gasteiger partial charge is 0.438 e. The number of hydrogen-bond acceptors (Lipinski definition) is 4. The van der Waals surface area contributed by atoms with Crippen molar-refractivity contribution in [2.75, 3.05) is 11.1 Å². The van der Waals surface area contributed by atoms with Crippen LogP contribution in [0.5, 0.6) is 11.6 Å². The highest BCUT2D eigenvalue weighted by Gasteiger charge is 2.15. The van der Waals surface area contributed by atoms with E-state index in [1.54, 1.807) is 42.6 Å². The van der Waals surface area contributed by atoms with Gasteiger partial charge in [-0.05, 0) is 48.9 Å². The van der Waals surface area contributed by atoms with Crippen LogP contribution in [-0.2, 0) is 0 Å². The molecule has 3 aromatic rings. The first-order chi connectivity index (χ1) is 11.6. The summed E-state index contributed by atoms with van der Waals surface area (Å²) in [6, 6.07) is 18.0. The van der Waals surface area contributed by atoms with Crippen LogP contribution in [0.3, 0.4) is 0 Å². The lowest BCUT2D eigenvalue weighted by Crippen LogP contribution is -2.14. The minimum atomic E-state index is -0.329. The number of nitrogens with one attached hydrogen (secondary N) is 1. The Hall–Kier alpha value is -3.34. The Morgan fingerprint density at radius 1 is 1.08 bits per heavy atom. The van der Waals surface area contributed by atoms with E-state index in [4.69, 9.17) is 10.5 Å². The molecule has 1 heterocycles. The fourth-order valence-corrected chi connectivity index (χ4v) is 2.23. The number of amides is 1. The highest BCUT2D eigenvalue weighted by atomic mass is 16.5. The van der Waals surface area contributed by atoms with Gasteiger partial charge >= 0.3 is 0 Å². The number of aryl methyl sites for hydroxylation is 1. The molecule has 0 aliphatic rings. The molecule has 0 bridgehead atoms. The maximum atomic E-state index is 12.6. The van der Waals surface area contributed by atoms with E-state index in [1.807, 2.05) is 31.2 Å². The normalized spacial score (nSPS) is 10.2. The van der Waals surface area contributed by atoms with Crippen LogP contribution in [0.4, 0.5) is 11.4 Å². The molecular formula is C19H17N3O2. The minimum Gasteiger partial charge on any atom is -0.438 e. The summed E-state index contributed by atoms with van der Waals surface area (Å²) < 4.78 is 5.71. The SMILES string of the molecule is Cc1ccc(NC(=O)c2cccnc2Oc2ccccc2)c(N)c1. The van der Waals surface area contributed by atoms with Gasteiger partial charge < -0.3 is 15.8 Å². The Balaban J connectivity index is 1.85. The molecule has 0 saturated heterocycles. The number of ether oxygens (including phenoxy) is 1. The van der Waals surface area contributed by atoms with Crippen LogP contribution in [0.2, 0.25) is 0 Å². The van der Waals surface area contributed by atoms with Gasteiger partial charge in [0.25, 0.3) is 5.91 Å². The Morgan fingerprint density at radius 2 is 1.88 bits per heavy atom. The van der Waals surface area contributed by atoms with Gasteiger partial charge in [0.1, 0.15) is 11.3 Å². The van der Waals surface area contributed by atoms with Crippen molar-refractivity contribution in [2.24, 2.45) is 0 Å². The molecule has 24 heavy (non-hydrogen) atoms. The average molecular weight is 319 g/mol. The summed E-state index contributed by atoms with van der Waals surface area (Å²) in [5.41, 5.74) is 8.38. The van der Waals surface area contributed by atoms with Crippen molar-refractivity contribution in [3.05, 3.63) is 78.0 Å². The number of nitrogens with zero attached hydrogens (tertiary/aromatic N) is 1. The smallest absolute Gasteiger partial charge is 0.261 e. The molecule has 0 saturated carbocycles. The van der Waals surface area contributed by atoms with E-state index >= 15 is 0 Å². The van der Waals surface area contributed by atoms with Crippen LogP contribution in [0.1, 0.15) is 15.9 Å². The molecular weight excluding hydrogens is 302 g/mol. The summed E-state index contributed by atoms with van der Waals surface area (Å²) in [6.07, 6.45) is 1.58. The Morgan fingerprint density at radius 3 is 2.62 bits per heavy atom. The molecule has 3 rings (SSSR count). The first-order valence-corrected chi connectivity index (χ1v) is 7.49. The van der Waals surface area contributed by atoms with Gasteiger partial charge in [-0.3, -0.25) is 4.79 Å². The molecule has 0 aliphatic carbocycles. The molecule has 3 N–H and O–H groups in total. The molecule has 5 heteroatoms. The van der Waals surface area contributed by atoms with Crippen molar-refractivity contribution in [1.29, 1.82) is 0 Å². The van der Waals surface area contributed by atoms with E-state index in [1.165, 1.54) is 0 Å². The van der Waals surface area contributed by atoms with Crippen molar-refractivity contribution in [3.8, 4) is 11.6 Å². The fourth-order valence-electron chi connectivity index (χ4n) is 2.23. The van der Waals surface area contributed by atoms with Gasteiger partial charge in [-0.1, -0.05) is 24.3 Å². The minimum absolute atomic E-state index is 0.242. The second-order valence-corrected chi connectivity index (χ2v) is 5.32. The standard InChI is InChI=1S/C19H17N3O2/c1-13-9-10-17(16(20)12-13)22-18(23)15-8-5-11-21-19(15)24-14-6-3-2-4-7-14/h2-12H,20H2,1H3,(H,22,23). The zero-order chi connectivity index (χ0) is 16.9. The zero-order valence-electron chi connectivity index (χ0n) is 13.2. The van der Waals surface area contributed by atoms with E-state index < -0.39 is 0 Å². The second kappa shape index (κ2) is 6.83. The second-order valence-electron chi connectivity index (χ2n) is 5.32. The quantitative estimate of drug-likeness (QED) is 0.712. The lowest BCUT2D eigenvalue weighted by atomic mass is 10.2. The fraction of sp³-hybridized carbons (Fsp3) is 0.0526. The lowest BCUT2D eigenvalue weighted by molar-refractivity contribution is 0.102. The number of hydrogen-bond donors (Lipinski definition) is 2. The van der Waals surface area contributed by atoms with Crippen LogP contribution in [-0.4, -0.2) is 10.9 Å². The Kier molecular flexibility index (Phi) is 4.43. The number of nitrogens with two attached hydrogens (primary N) is 1. The molecule has 2 aromatic carbocycles. The van der Waals surface area contributed by atoms with Gasteiger partial charge in [-0.15, -0.1) is 0 Å². The van der Waals surface area contributed by atoms with Crippen LogP contribution in [0.25, 0.3) is 0 Å². The molecule has 0 spiro atoms. The van der Waals surface area contributed by atoms with Crippen molar-refractivity contribution in [2.45, 2.75) is 6.92 Å². The number of rotatable bonds is 4. The van der Waals surface area contributed by atoms with Crippen LogP contribution < -0.4 is 15.8 Å². The number of carbonyl (C=O) groups is 1. The topological polar surface area (TPSA) is 77.2 Å². The highest BCUT2D eigenvalue weighted by Crippen LogP contribution is 2.25. The van der Waals surface area contributed by atoms with Gasteiger partial charge in [0.05, 0.1) is 11.4 Å². The van der Waals surface area contributed by atoms with Crippen LogP contribution in [0.15, 0.2) is 66.9 Å². The van der Waals surface area contributed by atoms with Gasteiger partial charge in [0.2, 0.25) is 5.88 Å². The summed E-state index contributed by atoms with van der Waals surface area (Å²) in [5, 5.41) is 2.80. The third-order valence-electron chi connectivity index (χ3n) is 3.43. The first kappa shape index (κ1) is 15.6. The summed E-state index contributed by atoms with van der Waals surface area (Å²) in [5.74, 6) is 0.525. The van der Waals surface area contributed by atoms with Gasteiger partial charge in [0.15, 0.2) is 0 Å². The molecule has 0 unspecified atom stereocenters. The van der Waals surface area contributed by atoms with E-state index in [9.17, 15) is 4.79 Å². The van der Waals surface area contributed by atoms with Crippen molar-refractivity contribution >= 4 is 17.3 Å². The molecule has 1 amide bonds. The van der Waals surface area contributed by atoms with E-state index in [0.29, 0.717) is 22.7 Å². The maximum absolute atomic E-state index is 12.6. The van der Waals surface area contributed by atoms with Gasteiger partial charge in [0, 0.05) is 6.20 Å². The van der Waals surface area contributed by atoms with E-state index in [0.717, 1.165) is 5.56 Å². The zero-order valence-corrected chi connectivity index (χ0v) is 13.2. The lowest BCUT2D eigenvalue weighted by Gasteiger charge is -2.12. The molecule has 0 atom stereocenters. The monoisotopic (exact) mass is 319 g/mol. The number of nitrogen functional groups attached to an aromatic ring is 1. The Labute approximate surface area is 140 Å². The van der Waals surface area contributed by atoms with Crippen molar-refractivity contribution < 1.29 is 9.53 Å². The van der Waals surface area contributed by atoms with Crippen molar-refractivity contribution in [1.82, 2.24) is 4.98 Å². The Bertz CT molecular complexity index is 863. The summed E-state index contributed by atoms with van der Waals surface area (Å²) in [7, 11) is 0. The van der Waals surface area contributed by atoms with Crippen LogP contribution in [0, 0.1) is 6.92 Å². The third kappa shape index (κ3) is 3.52. The van der Waals surface area contributed by atoms with E-state index in [-0.39, 0.29) is 11.8 Å². The number of carbonyl (C=O) groups excluding carboxylic acids is 1. The summed E-state index contributed by atoms with van der Waals surface area (Å²) in [4.78, 5) is 16.7. The molecule has 5 nitrogen and oxygen atoms in total. The number of anilines is 2. The summed E-state index contributed by atoms with van der Waals surface area (Å²) in [6.45, 7) is 1.94. The molecule has 0 fully saturated rings. The summed E-state index contributed by atoms with van der Waals surface area (Å²) >= 11 is 0. The molecule has 120 valence electrons. The third-order valence-corrected chi connectivity index (χ3v) is 3.43. The first-order valence-electron chi connectivity index (χ1n) is 7.49. The predicted octanol–water partition coefficient (Wildman–Crippen LogP) is 4.02. The number of aromatic nitrogens is 1.